The summed E-state index contributed by atoms with van der Waals surface area (Å²) in [5, 5.41) is 35.0. The van der Waals surface area contributed by atoms with E-state index in [0.29, 0.717) is 16.7 Å². The van der Waals surface area contributed by atoms with Gasteiger partial charge in [-0.25, -0.2) is 4.79 Å². The number of ether oxygens (including phenoxy) is 3. The van der Waals surface area contributed by atoms with Crippen molar-refractivity contribution in [2.75, 3.05) is 20.0 Å². The van der Waals surface area contributed by atoms with E-state index in [4.69, 9.17) is 19.9 Å². The van der Waals surface area contributed by atoms with E-state index in [1.165, 1.54) is 26.5 Å². The molecule has 4 atom stereocenters. The maximum Gasteiger partial charge on any atom is 0.351 e. The highest BCUT2D eigenvalue weighted by Gasteiger charge is 2.71. The summed E-state index contributed by atoms with van der Waals surface area (Å²) in [4.78, 5) is 17.6. The van der Waals surface area contributed by atoms with Gasteiger partial charge in [-0.05, 0) is 22.8 Å². The lowest BCUT2D eigenvalue weighted by molar-refractivity contribution is -0.396. The van der Waals surface area contributed by atoms with Gasteiger partial charge in [0, 0.05) is 20.4 Å². The van der Waals surface area contributed by atoms with E-state index in [0.717, 1.165) is 4.57 Å². The molecule has 1 aliphatic heterocycles. The van der Waals surface area contributed by atoms with Gasteiger partial charge in [0.05, 0.1) is 5.41 Å². The van der Waals surface area contributed by atoms with Crippen LogP contribution in [0.4, 0.5) is 5.82 Å². The predicted octanol–water partition coefficient (Wildman–Crippen LogP) is 1.57. The zero-order valence-electron chi connectivity index (χ0n) is 22.0. The van der Waals surface area contributed by atoms with Crippen molar-refractivity contribution in [2.45, 2.75) is 35.4 Å². The first-order valence-electron chi connectivity index (χ1n) is 12.6. The zero-order valence-corrected chi connectivity index (χ0v) is 22.0. The number of hydrogen-bond donors (Lipinski definition) is 4. The lowest BCUT2D eigenvalue weighted by Crippen LogP contribution is -2.64. The Balaban J connectivity index is 2.01. The summed E-state index contributed by atoms with van der Waals surface area (Å²) in [6, 6.07) is 28.9. The number of hydrogen-bond acceptors (Lipinski definition) is 9. The molecule has 10 nitrogen and oxygen atoms in total. The monoisotopic (exact) mass is 545 g/mol. The topological polar surface area (TPSA) is 149 Å². The number of nitrogens with two attached hydrogens (primary N) is 1. The van der Waals surface area contributed by atoms with Crippen LogP contribution in [-0.2, 0) is 25.4 Å². The molecular weight excluding hydrogens is 514 g/mol. The van der Waals surface area contributed by atoms with E-state index in [2.05, 4.69) is 4.98 Å². The van der Waals surface area contributed by atoms with E-state index in [1.54, 1.807) is 0 Å². The fourth-order valence-electron chi connectivity index (χ4n) is 5.88. The van der Waals surface area contributed by atoms with Crippen molar-refractivity contribution < 1.29 is 29.5 Å². The van der Waals surface area contributed by atoms with E-state index in [9.17, 15) is 20.1 Å². The van der Waals surface area contributed by atoms with Gasteiger partial charge >= 0.3 is 11.7 Å². The van der Waals surface area contributed by atoms with Crippen molar-refractivity contribution in [1.82, 2.24) is 9.55 Å². The van der Waals surface area contributed by atoms with Crippen LogP contribution >= 0.6 is 0 Å². The number of benzene rings is 3. The molecule has 0 spiro atoms. The maximum absolute atomic E-state index is 13.7. The molecule has 0 unspecified atom stereocenters. The second kappa shape index (κ2) is 10.6. The van der Waals surface area contributed by atoms with Crippen LogP contribution in [0, 0.1) is 0 Å². The van der Waals surface area contributed by atoms with Gasteiger partial charge in [-0.15, -0.1) is 0 Å². The Morgan fingerprint density at radius 2 is 1.30 bits per heavy atom. The van der Waals surface area contributed by atoms with Crippen LogP contribution in [0.1, 0.15) is 16.7 Å². The number of rotatable bonds is 8. The van der Waals surface area contributed by atoms with Gasteiger partial charge in [0.25, 0.3) is 0 Å². The lowest BCUT2D eigenvalue weighted by Gasteiger charge is -2.51. The summed E-state index contributed by atoms with van der Waals surface area (Å²) in [5.41, 5.74) is 3.14. The Bertz CT molecular complexity index is 1400. The fourth-order valence-corrected chi connectivity index (χ4v) is 5.88. The number of methoxy groups -OCH3 is 2. The molecule has 0 bridgehead atoms. The lowest BCUT2D eigenvalue weighted by atomic mass is 9.60. The van der Waals surface area contributed by atoms with Gasteiger partial charge in [0.15, 0.2) is 11.8 Å². The average molecular weight is 546 g/mol. The van der Waals surface area contributed by atoms with Gasteiger partial charge in [-0.1, -0.05) is 91.0 Å². The van der Waals surface area contributed by atoms with Crippen molar-refractivity contribution in [2.24, 2.45) is 0 Å². The normalized spacial score (nSPS) is 23.3. The largest absolute Gasteiger partial charge is 0.387 e. The second-order valence-electron chi connectivity index (χ2n) is 9.56. The average Bonchev–Trinajstić information content (AvgIpc) is 3.26. The Labute approximate surface area is 230 Å². The summed E-state index contributed by atoms with van der Waals surface area (Å²) < 4.78 is 18.2. The minimum atomic E-state index is -2.50. The van der Waals surface area contributed by atoms with Crippen molar-refractivity contribution >= 4 is 5.82 Å². The molecule has 4 aromatic rings. The maximum atomic E-state index is 13.7. The van der Waals surface area contributed by atoms with E-state index < -0.39 is 41.1 Å². The summed E-state index contributed by atoms with van der Waals surface area (Å²) >= 11 is 0. The summed E-state index contributed by atoms with van der Waals surface area (Å²) in [7, 11) is 2.34. The molecule has 2 heterocycles. The molecule has 1 saturated heterocycles. The quantitative estimate of drug-likeness (QED) is 0.191. The summed E-state index contributed by atoms with van der Waals surface area (Å²) in [6.45, 7) is 0. The number of anilines is 1. The van der Waals surface area contributed by atoms with Crippen molar-refractivity contribution in [1.29, 1.82) is 0 Å². The van der Waals surface area contributed by atoms with Gasteiger partial charge in [-0.2, -0.15) is 4.98 Å². The Kier molecular flexibility index (Phi) is 7.32. The first kappa shape index (κ1) is 27.7. The third kappa shape index (κ3) is 3.96. The Morgan fingerprint density at radius 1 is 0.850 bits per heavy atom. The molecule has 0 saturated carbocycles. The fraction of sp³-hybridized carbons (Fsp3) is 0.267. The Morgan fingerprint density at radius 3 is 1.70 bits per heavy atom. The second-order valence-corrected chi connectivity index (χ2v) is 9.56. The highest BCUT2D eigenvalue weighted by molar-refractivity contribution is 5.54. The van der Waals surface area contributed by atoms with E-state index in [1.807, 2.05) is 91.0 Å². The van der Waals surface area contributed by atoms with Crippen molar-refractivity contribution in [3.8, 4) is 0 Å². The Hall–Kier alpha value is -3.90. The molecule has 1 fully saturated rings. The summed E-state index contributed by atoms with van der Waals surface area (Å²) in [6.07, 6.45) is -3.98. The standard InChI is InChI=1S/C30H31N3O7/c1-38-30(37,39-2)26-24(34)25(35)29(40-26,33-19-18-23(31)32-27(33)36)28(20-12-6-3-7-13-20,21-14-8-4-9-15-21)22-16-10-5-11-17-22/h3-19,24-26,34-35,37H,1-2H3,(H2,31,32,36)/t24-,25+,26-,29-/m0/s1. The van der Waals surface area contributed by atoms with Crippen LogP contribution in [-0.4, -0.2) is 63.4 Å². The number of aliphatic hydroxyl groups excluding tert-OH is 2. The molecule has 1 aromatic heterocycles. The highest BCUT2D eigenvalue weighted by atomic mass is 16.8. The first-order chi connectivity index (χ1) is 19.3. The number of nitrogen functional groups attached to an aromatic ring is 1. The molecule has 0 radical (unpaired) electrons. The molecule has 3 aromatic carbocycles. The van der Waals surface area contributed by atoms with Crippen LogP contribution in [0.25, 0.3) is 0 Å². The number of aliphatic hydroxyl groups is 3. The van der Waals surface area contributed by atoms with Gasteiger partial charge in [0.1, 0.15) is 18.0 Å². The molecule has 10 heteroatoms. The minimum absolute atomic E-state index is 0.0454. The molecule has 40 heavy (non-hydrogen) atoms. The summed E-state index contributed by atoms with van der Waals surface area (Å²) in [5.74, 6) is -2.54. The molecule has 1 aliphatic rings. The highest BCUT2D eigenvalue weighted by Crippen LogP contribution is 2.57. The smallest absolute Gasteiger partial charge is 0.351 e. The third-order valence-electron chi connectivity index (χ3n) is 7.63. The SMILES string of the molecule is COC(O)(OC)[C@H]1O[C@](n2ccc(N)nc2=O)(C(c2ccccc2)(c2ccccc2)c2ccccc2)[C@H](O)[C@@H]1O. The molecule has 0 aliphatic carbocycles. The van der Waals surface area contributed by atoms with Gasteiger partial charge in [0.2, 0.25) is 0 Å². The van der Waals surface area contributed by atoms with Crippen LogP contribution in [0.5, 0.6) is 0 Å². The van der Waals surface area contributed by atoms with Crippen molar-refractivity contribution in [3.63, 3.8) is 0 Å². The molecule has 208 valence electrons. The van der Waals surface area contributed by atoms with Crippen LogP contribution < -0.4 is 11.4 Å². The molecule has 5 rings (SSSR count). The number of aromatic nitrogens is 2. The van der Waals surface area contributed by atoms with Gasteiger partial charge < -0.3 is 35.3 Å². The third-order valence-corrected chi connectivity index (χ3v) is 7.63. The predicted molar refractivity (Wildman–Crippen MR) is 146 cm³/mol. The van der Waals surface area contributed by atoms with Gasteiger partial charge in [-0.3, -0.25) is 4.57 Å². The molecule has 5 N–H and O–H groups in total. The zero-order chi connectivity index (χ0) is 28.5. The van der Waals surface area contributed by atoms with Crippen LogP contribution in [0.2, 0.25) is 0 Å². The van der Waals surface area contributed by atoms with E-state index >= 15 is 0 Å². The van der Waals surface area contributed by atoms with E-state index in [-0.39, 0.29) is 5.82 Å². The molecule has 0 amide bonds. The minimum Gasteiger partial charge on any atom is -0.387 e. The van der Waals surface area contributed by atoms with Crippen LogP contribution in [0.3, 0.4) is 0 Å². The first-order valence-corrected chi connectivity index (χ1v) is 12.6. The van der Waals surface area contributed by atoms with Crippen molar-refractivity contribution in [3.05, 3.63) is 130 Å². The van der Waals surface area contributed by atoms with Crippen LogP contribution in [0.15, 0.2) is 108 Å². The number of nitrogens with zero attached hydrogens (tertiary/aromatic N) is 2. The molecular formula is C30H31N3O7.